The lowest BCUT2D eigenvalue weighted by molar-refractivity contribution is 0.0178. The van der Waals surface area contributed by atoms with Gasteiger partial charge < -0.3 is 10.5 Å². The van der Waals surface area contributed by atoms with E-state index in [1.165, 1.54) is 0 Å². The molecule has 0 fully saturated rings. The van der Waals surface area contributed by atoms with Gasteiger partial charge >= 0.3 is 6.09 Å². The average Bonchev–Trinajstić information content (AvgIpc) is 2.04. The molecule has 3 heteroatoms. The molecule has 3 nitrogen and oxygen atoms in total. The van der Waals surface area contributed by atoms with Gasteiger partial charge in [-0.25, -0.2) is 4.79 Å². The van der Waals surface area contributed by atoms with Crippen LogP contribution in [-0.4, -0.2) is 11.7 Å². The summed E-state index contributed by atoms with van der Waals surface area (Å²) in [5.41, 5.74) is 4.44. The van der Waals surface area contributed by atoms with Gasteiger partial charge in [0, 0.05) is 12.8 Å². The van der Waals surface area contributed by atoms with E-state index >= 15 is 0 Å². The summed E-state index contributed by atoms with van der Waals surface area (Å²) >= 11 is 0. The van der Waals surface area contributed by atoms with Crippen LogP contribution in [0.2, 0.25) is 0 Å². The second-order valence-electron chi connectivity index (χ2n) is 2.94. The molecular formula is C10H17NO2. The second kappa shape index (κ2) is 5.41. The van der Waals surface area contributed by atoms with Gasteiger partial charge in [0.15, 0.2) is 0 Å². The second-order valence-corrected chi connectivity index (χ2v) is 2.94. The number of nitrogens with two attached hydrogens (primary N) is 1. The van der Waals surface area contributed by atoms with Crippen LogP contribution in [0.4, 0.5) is 4.79 Å². The first kappa shape index (κ1) is 11.8. The summed E-state index contributed by atoms with van der Waals surface area (Å²) in [6, 6.07) is 0. The van der Waals surface area contributed by atoms with Crippen LogP contribution in [0.3, 0.4) is 0 Å². The van der Waals surface area contributed by atoms with Crippen molar-refractivity contribution in [1.82, 2.24) is 0 Å². The van der Waals surface area contributed by atoms with Crippen molar-refractivity contribution in [3.8, 4) is 0 Å². The largest absolute Gasteiger partial charge is 0.442 e. The van der Waals surface area contributed by atoms with E-state index < -0.39 is 11.7 Å². The quantitative estimate of drug-likeness (QED) is 0.643. The molecule has 2 N–H and O–H groups in total. The van der Waals surface area contributed by atoms with Gasteiger partial charge in [0.25, 0.3) is 0 Å². The van der Waals surface area contributed by atoms with Crippen molar-refractivity contribution in [2.24, 2.45) is 5.73 Å². The van der Waals surface area contributed by atoms with E-state index in [0.29, 0.717) is 19.3 Å². The zero-order valence-electron chi connectivity index (χ0n) is 8.08. The lowest BCUT2D eigenvalue weighted by atomic mass is 9.92. The van der Waals surface area contributed by atoms with E-state index in [0.717, 1.165) is 0 Å². The third kappa shape index (κ3) is 3.78. The molecule has 74 valence electrons. The van der Waals surface area contributed by atoms with Crippen LogP contribution in [0, 0.1) is 0 Å². The average molecular weight is 183 g/mol. The fourth-order valence-corrected chi connectivity index (χ4v) is 1.27. The van der Waals surface area contributed by atoms with Crippen LogP contribution >= 0.6 is 0 Å². The van der Waals surface area contributed by atoms with Gasteiger partial charge in [-0.1, -0.05) is 19.1 Å². The zero-order chi connectivity index (χ0) is 10.3. The smallest absolute Gasteiger partial charge is 0.405 e. The van der Waals surface area contributed by atoms with Crippen molar-refractivity contribution in [2.75, 3.05) is 0 Å². The maximum absolute atomic E-state index is 10.7. The molecule has 0 aromatic carbocycles. The van der Waals surface area contributed by atoms with Crippen LogP contribution in [0.5, 0.6) is 0 Å². The van der Waals surface area contributed by atoms with Gasteiger partial charge in [0.05, 0.1) is 0 Å². The van der Waals surface area contributed by atoms with Crippen LogP contribution in [0.15, 0.2) is 25.3 Å². The Morgan fingerprint density at radius 3 is 2.15 bits per heavy atom. The van der Waals surface area contributed by atoms with E-state index in [9.17, 15) is 4.79 Å². The Kier molecular flexibility index (Phi) is 4.89. The normalized spacial score (nSPS) is 10.5. The molecule has 0 unspecified atom stereocenters. The molecule has 0 saturated carbocycles. The molecule has 0 aliphatic carbocycles. The standard InChI is InChI=1S/C10H17NO2/c1-4-7-10(6-3,8-5-2)13-9(11)12/h4-5H,1-2,6-8H2,3H3,(H2,11,12). The predicted octanol–water partition coefficient (Wildman–Crippen LogP) is 2.38. The number of rotatable bonds is 6. The molecule has 0 radical (unpaired) electrons. The molecule has 0 aromatic rings. The van der Waals surface area contributed by atoms with E-state index in [-0.39, 0.29) is 0 Å². The van der Waals surface area contributed by atoms with Crippen molar-refractivity contribution in [2.45, 2.75) is 31.8 Å². The van der Waals surface area contributed by atoms with Crippen LogP contribution in [-0.2, 0) is 4.74 Å². The Morgan fingerprint density at radius 1 is 1.46 bits per heavy atom. The van der Waals surface area contributed by atoms with Gasteiger partial charge in [-0.05, 0) is 6.42 Å². The summed E-state index contributed by atoms with van der Waals surface area (Å²) < 4.78 is 5.06. The first-order valence-electron chi connectivity index (χ1n) is 4.30. The summed E-state index contributed by atoms with van der Waals surface area (Å²) in [6.07, 6.45) is 4.59. The SMILES string of the molecule is C=CCC(CC)(CC=C)OC(N)=O. The first-order chi connectivity index (χ1) is 6.10. The molecule has 13 heavy (non-hydrogen) atoms. The zero-order valence-corrected chi connectivity index (χ0v) is 8.08. The molecular weight excluding hydrogens is 166 g/mol. The highest BCUT2D eigenvalue weighted by molar-refractivity contribution is 5.65. The number of carbonyl (C=O) groups excluding carboxylic acids is 1. The molecule has 0 heterocycles. The number of amides is 1. The van der Waals surface area contributed by atoms with Gasteiger partial charge in [0.1, 0.15) is 5.60 Å². The van der Waals surface area contributed by atoms with E-state index in [1.54, 1.807) is 12.2 Å². The summed E-state index contributed by atoms with van der Waals surface area (Å²) in [4.78, 5) is 10.7. The molecule has 0 aromatic heterocycles. The number of carbonyl (C=O) groups is 1. The molecule has 0 aliphatic rings. The van der Waals surface area contributed by atoms with Gasteiger partial charge in [-0.15, -0.1) is 13.2 Å². The number of primary amides is 1. The topological polar surface area (TPSA) is 52.3 Å². The molecule has 0 spiro atoms. The minimum atomic E-state index is -0.745. The summed E-state index contributed by atoms with van der Waals surface area (Å²) in [5, 5.41) is 0. The number of hydrogen-bond donors (Lipinski definition) is 1. The molecule has 1 amide bonds. The van der Waals surface area contributed by atoms with Gasteiger partial charge in [0.2, 0.25) is 0 Å². The third-order valence-corrected chi connectivity index (χ3v) is 1.99. The number of hydrogen-bond acceptors (Lipinski definition) is 2. The van der Waals surface area contributed by atoms with Crippen LogP contribution < -0.4 is 5.73 Å². The fourth-order valence-electron chi connectivity index (χ4n) is 1.27. The van der Waals surface area contributed by atoms with Crippen LogP contribution in [0.25, 0.3) is 0 Å². The Bertz CT molecular complexity index is 189. The minimum absolute atomic E-state index is 0.546. The Hall–Kier alpha value is -1.25. The lowest BCUT2D eigenvalue weighted by Crippen LogP contribution is -2.35. The first-order valence-corrected chi connectivity index (χ1v) is 4.30. The van der Waals surface area contributed by atoms with Gasteiger partial charge in [-0.3, -0.25) is 0 Å². The summed E-state index contributed by atoms with van der Waals surface area (Å²) in [5.74, 6) is 0. The highest BCUT2D eigenvalue weighted by Crippen LogP contribution is 2.25. The highest BCUT2D eigenvalue weighted by Gasteiger charge is 2.28. The molecule has 0 rings (SSSR count). The van der Waals surface area contributed by atoms with E-state index in [4.69, 9.17) is 10.5 Å². The Labute approximate surface area is 79.3 Å². The molecule has 0 atom stereocenters. The third-order valence-electron chi connectivity index (χ3n) is 1.99. The van der Waals surface area contributed by atoms with E-state index in [1.807, 2.05) is 6.92 Å². The molecule has 0 saturated heterocycles. The Morgan fingerprint density at radius 2 is 1.92 bits per heavy atom. The fraction of sp³-hybridized carbons (Fsp3) is 0.500. The van der Waals surface area contributed by atoms with Crippen molar-refractivity contribution in [1.29, 1.82) is 0 Å². The molecule has 0 bridgehead atoms. The predicted molar refractivity (Wildman–Crippen MR) is 53.3 cm³/mol. The van der Waals surface area contributed by atoms with E-state index in [2.05, 4.69) is 13.2 Å². The maximum Gasteiger partial charge on any atom is 0.405 e. The van der Waals surface area contributed by atoms with Crippen molar-refractivity contribution >= 4 is 6.09 Å². The highest BCUT2D eigenvalue weighted by atomic mass is 16.6. The van der Waals surface area contributed by atoms with Crippen molar-refractivity contribution in [3.63, 3.8) is 0 Å². The van der Waals surface area contributed by atoms with Crippen molar-refractivity contribution in [3.05, 3.63) is 25.3 Å². The van der Waals surface area contributed by atoms with Crippen molar-refractivity contribution < 1.29 is 9.53 Å². The summed E-state index contributed by atoms with van der Waals surface area (Å²) in [7, 11) is 0. The lowest BCUT2D eigenvalue weighted by Gasteiger charge is -2.29. The Balaban J connectivity index is 4.50. The van der Waals surface area contributed by atoms with Crippen LogP contribution in [0.1, 0.15) is 26.2 Å². The van der Waals surface area contributed by atoms with Gasteiger partial charge in [-0.2, -0.15) is 0 Å². The minimum Gasteiger partial charge on any atom is -0.442 e. The number of ether oxygens (including phenoxy) is 1. The maximum atomic E-state index is 10.7. The monoisotopic (exact) mass is 183 g/mol. The molecule has 0 aliphatic heterocycles. The summed E-state index contributed by atoms with van der Waals surface area (Å²) in [6.45, 7) is 9.17.